The van der Waals surface area contributed by atoms with Crippen LogP contribution in [0.3, 0.4) is 0 Å². The van der Waals surface area contributed by atoms with Gasteiger partial charge in [0.1, 0.15) is 40.9 Å². The fraction of sp³-hybridized carbons (Fsp3) is 0.484. The van der Waals surface area contributed by atoms with Crippen molar-refractivity contribution in [2.75, 3.05) is 96.8 Å². The standard InChI is InChI=1S/C30H46N4O5S.C29H41N3O6S.C25H35NO7S.C7H7Br2NO3S/c1-10-13-31-30(37)32-26-17-22(16-25(27(26)35)29(36)34(11-2)12-3)33-40(38)39-28-23(19(6)7)14-21(18(4)5)15-24(28)20(8)9;1-8-26(33)30-25-16-21(15-24(27(25)34)29(35)32-9-11-37-12-10-32)31-39(36)38-28-22(18(4)5)13-20(17(2)3)14-23(28)19(6)7;1-14(2)17-10-20(15(3)4)24(21(11-17)16(5)6)33-34(29)26-19-9-18(13-32-31-8)23(27)22(12-19)25(28)30-7;1-13-14(12)10-4-2-5(8)7(11)6(9)3-4/h14-20,33,35H,10-13H2,1-9H3,(H2,31,32,37);13-19,31,34H,8-12H2,1-7H3,(H,30,33);9-12,14-16,26-27H,13H2,1-8H3;2-3,10-11H,1H3. The van der Waals surface area contributed by atoms with Crippen LogP contribution in [-0.2, 0) is 79.9 Å². The summed E-state index contributed by atoms with van der Waals surface area (Å²) in [6.45, 7) is 47.6. The number of methoxy groups -OCH3 is 1. The zero-order valence-electron chi connectivity index (χ0n) is 77.4. The number of urea groups is 1. The predicted octanol–water partition coefficient (Wildman–Crippen LogP) is 20.7. The van der Waals surface area contributed by atoms with Crippen LogP contribution in [0.1, 0.15) is 305 Å². The number of aromatic hydroxyl groups is 4. The van der Waals surface area contributed by atoms with E-state index in [1.54, 1.807) is 28.9 Å². The number of carbonyl (C=O) groups excluding carboxylic acids is 5. The Bertz CT molecular complexity index is 4910. The molecule has 0 radical (unpaired) electrons. The molecule has 0 bridgehead atoms. The molecule has 1 heterocycles. The lowest BCUT2D eigenvalue weighted by Gasteiger charge is -2.27. The zero-order valence-corrected chi connectivity index (χ0v) is 83.8. The maximum atomic E-state index is 13.4. The maximum Gasteiger partial charge on any atom is 0.341 e. The lowest BCUT2D eigenvalue weighted by Crippen LogP contribution is -2.40. The van der Waals surface area contributed by atoms with Crippen molar-refractivity contribution in [1.82, 2.24) is 15.1 Å². The Labute approximate surface area is 775 Å². The van der Waals surface area contributed by atoms with Crippen molar-refractivity contribution in [3.63, 3.8) is 0 Å². The molecule has 0 saturated carbocycles. The molecular weight excluding hydrogens is 1840 g/mol. The van der Waals surface area contributed by atoms with Crippen molar-refractivity contribution in [2.24, 2.45) is 0 Å². The second-order valence-electron chi connectivity index (χ2n) is 32.5. The van der Waals surface area contributed by atoms with E-state index in [9.17, 15) is 61.2 Å². The van der Waals surface area contributed by atoms with E-state index in [2.05, 4.69) is 237 Å². The van der Waals surface area contributed by atoms with Gasteiger partial charge in [0.2, 0.25) is 5.91 Å². The normalized spacial score (nSPS) is 12.9. The Morgan fingerprint density at radius 3 is 1.17 bits per heavy atom. The fourth-order valence-electron chi connectivity index (χ4n) is 12.7. The largest absolute Gasteiger partial charge is 0.507 e. The number of benzene rings is 7. The van der Waals surface area contributed by atoms with Crippen molar-refractivity contribution in [2.45, 2.75) is 225 Å². The molecule has 7 aromatic carbocycles. The van der Waals surface area contributed by atoms with Gasteiger partial charge in [0.15, 0.2) is 11.5 Å². The average molecular weight is 1970 g/mol. The van der Waals surface area contributed by atoms with Crippen molar-refractivity contribution in [3.8, 4) is 40.2 Å². The topological polar surface area (TPSA) is 399 Å². The van der Waals surface area contributed by atoms with Gasteiger partial charge in [-0.25, -0.2) is 23.6 Å². The molecule has 4 unspecified atom stereocenters. The molecule has 1 saturated heterocycles. The quantitative estimate of drug-likeness (QED) is 0.00566. The van der Waals surface area contributed by atoms with E-state index in [1.807, 2.05) is 20.8 Å². The number of esters is 1. The van der Waals surface area contributed by atoms with E-state index in [0.717, 1.165) is 39.8 Å². The Morgan fingerprint density at radius 2 is 0.819 bits per heavy atom. The molecule has 1 aliphatic heterocycles. The SMILES string of the molecule is CCC(=O)Nc1cc(NS(=O)Oc2c(C(C)C)cc(C(C)C)cc2C(C)C)cc(C(=O)N2CCOCC2)c1O.CCCNC(=O)Nc1cc(NS(=O)Oc2c(C(C)C)cc(C(C)C)cc2C(C)C)cc(C(=O)N(CC)CC)c1O.COOCc1cc(NS(=O)Oc2c(C(C)C)cc(C(C)C)cc2C(C)C)cc(C(=O)OC)c1O.COS(=O)Nc1cc(Br)c(O)c(Br)c1. The minimum atomic E-state index is -2.05. The molecule has 1 fully saturated rings. The summed E-state index contributed by atoms with van der Waals surface area (Å²) >= 11 is -1.35. The van der Waals surface area contributed by atoms with Crippen LogP contribution in [0.2, 0.25) is 0 Å². The average Bonchev–Trinajstić information content (AvgIpc) is 0.802. The lowest BCUT2D eigenvalue weighted by molar-refractivity contribution is -0.282. The van der Waals surface area contributed by atoms with E-state index >= 15 is 0 Å². The van der Waals surface area contributed by atoms with E-state index in [1.165, 1.54) is 74.4 Å². The third kappa shape index (κ3) is 31.6. The third-order valence-electron chi connectivity index (χ3n) is 20.0. The van der Waals surface area contributed by atoms with Crippen molar-refractivity contribution >= 4 is 141 Å². The summed E-state index contributed by atoms with van der Waals surface area (Å²) in [5.41, 5.74) is 10.9. The summed E-state index contributed by atoms with van der Waals surface area (Å²) in [6.07, 6.45) is 0.916. The first-order valence-electron chi connectivity index (χ1n) is 42.2. The van der Waals surface area contributed by atoms with Crippen LogP contribution in [0.4, 0.5) is 38.9 Å². The summed E-state index contributed by atoms with van der Waals surface area (Å²) in [4.78, 5) is 75.7. The molecule has 1 aliphatic rings. The maximum absolute atomic E-state index is 13.4. The number of halogens is 2. The highest BCUT2D eigenvalue weighted by atomic mass is 79.9. The minimum Gasteiger partial charge on any atom is -0.507 e. The number of hydrogen-bond donors (Lipinski definition) is 11. The number of phenols is 4. The third-order valence-corrected chi connectivity index (χ3v) is 24.1. The second-order valence-corrected chi connectivity index (χ2v) is 37.7. The van der Waals surface area contributed by atoms with Gasteiger partial charge in [-0.1, -0.05) is 175 Å². The van der Waals surface area contributed by atoms with Crippen LogP contribution in [0.5, 0.6) is 40.2 Å². The van der Waals surface area contributed by atoms with E-state index < -0.39 is 68.9 Å². The van der Waals surface area contributed by atoms with Crippen molar-refractivity contribution in [1.29, 1.82) is 0 Å². The summed E-state index contributed by atoms with van der Waals surface area (Å²) < 4.78 is 95.3. The molecular formula is C91H129Br2N9O21S4. The molecule has 702 valence electrons. The summed E-state index contributed by atoms with van der Waals surface area (Å²) in [5.74, 6) is 0.709. The molecule has 30 nitrogen and oxygen atoms in total. The number of morpholine rings is 1. The second kappa shape index (κ2) is 51.9. The number of nitrogens with zero attached hydrogens (tertiary/aromatic N) is 2. The molecule has 5 amide bonds. The summed E-state index contributed by atoms with van der Waals surface area (Å²) in [6, 6.07) is 23.8. The highest BCUT2D eigenvalue weighted by molar-refractivity contribution is 9.11. The fourth-order valence-corrected chi connectivity index (χ4v) is 16.4. The molecule has 127 heavy (non-hydrogen) atoms. The first kappa shape index (κ1) is 108. The van der Waals surface area contributed by atoms with Gasteiger partial charge in [0, 0.05) is 44.7 Å². The van der Waals surface area contributed by atoms with E-state index in [-0.39, 0.29) is 128 Å². The Kier molecular flexibility index (Phi) is 44.3. The van der Waals surface area contributed by atoms with Gasteiger partial charge in [-0.3, -0.25) is 37.5 Å². The number of carbonyl (C=O) groups is 5. The molecule has 4 atom stereocenters. The van der Waals surface area contributed by atoms with Crippen LogP contribution in [0.15, 0.2) is 93.9 Å². The van der Waals surface area contributed by atoms with E-state index in [0.29, 0.717) is 95.6 Å². The molecule has 0 aromatic heterocycles. The van der Waals surface area contributed by atoms with Gasteiger partial charge in [0.05, 0.1) is 88.7 Å². The molecule has 36 heteroatoms. The summed E-state index contributed by atoms with van der Waals surface area (Å²) in [5, 5.41) is 49.5. The van der Waals surface area contributed by atoms with Crippen molar-refractivity contribution in [3.05, 3.63) is 166 Å². The number of amides is 5. The van der Waals surface area contributed by atoms with Gasteiger partial charge in [-0.2, -0.15) is 12.6 Å². The highest BCUT2D eigenvalue weighted by Gasteiger charge is 2.30. The van der Waals surface area contributed by atoms with Crippen LogP contribution in [0, 0.1) is 0 Å². The van der Waals surface area contributed by atoms with Crippen LogP contribution in [0.25, 0.3) is 0 Å². The van der Waals surface area contributed by atoms with Crippen molar-refractivity contribution < 1.29 is 97.2 Å². The van der Waals surface area contributed by atoms with Gasteiger partial charge >= 0.3 is 45.8 Å². The molecule has 0 spiro atoms. The number of anilines is 6. The number of hydrogen-bond acceptors (Lipinski definition) is 21. The zero-order chi connectivity index (χ0) is 95.3. The molecule has 7 aromatic rings. The number of nitrogens with one attached hydrogen (secondary N) is 7. The van der Waals surface area contributed by atoms with E-state index in [4.69, 9.17) is 26.9 Å². The first-order valence-corrected chi connectivity index (χ1v) is 48.1. The lowest BCUT2D eigenvalue weighted by atomic mass is 9.88. The smallest absolute Gasteiger partial charge is 0.341 e. The molecule has 11 N–H and O–H groups in total. The number of ether oxygens (including phenoxy) is 2. The van der Waals surface area contributed by atoms with Gasteiger partial charge in [-0.15, -0.1) is 0 Å². The molecule has 8 rings (SSSR count). The Balaban J connectivity index is 0.000000314. The number of phenolic OH excluding ortho intramolecular Hbond substituents is 4. The first-order chi connectivity index (χ1) is 59.8. The predicted molar refractivity (Wildman–Crippen MR) is 513 cm³/mol. The van der Waals surface area contributed by atoms with Crippen LogP contribution < -0.4 is 47.4 Å². The number of rotatable bonds is 37. The van der Waals surface area contributed by atoms with Gasteiger partial charge in [0.25, 0.3) is 23.1 Å². The minimum absolute atomic E-state index is 0.0122. The van der Waals surface area contributed by atoms with Gasteiger partial charge in [-0.05, 0) is 204 Å². The highest BCUT2D eigenvalue weighted by Crippen LogP contribution is 2.44. The van der Waals surface area contributed by atoms with Crippen LogP contribution >= 0.6 is 31.9 Å². The Morgan fingerprint density at radius 1 is 0.457 bits per heavy atom. The van der Waals surface area contributed by atoms with Crippen LogP contribution in [-0.4, -0.2) is 144 Å². The van der Waals surface area contributed by atoms with Gasteiger partial charge < -0.3 is 68.2 Å². The Hall–Kier alpha value is -9.11. The molecule has 0 aliphatic carbocycles. The summed E-state index contributed by atoms with van der Waals surface area (Å²) in [7, 11) is 3.86. The monoisotopic (exact) mass is 1970 g/mol.